The molecule has 1 saturated heterocycles. The summed E-state index contributed by atoms with van der Waals surface area (Å²) in [5.41, 5.74) is 1.12. The van der Waals surface area contributed by atoms with Crippen LogP contribution in [-0.2, 0) is 16.1 Å². The van der Waals surface area contributed by atoms with Crippen molar-refractivity contribution >= 4 is 17.7 Å². The van der Waals surface area contributed by atoms with E-state index in [4.69, 9.17) is 9.47 Å². The fraction of sp³-hybridized carbons (Fsp3) is 0.500. The predicted molar refractivity (Wildman–Crippen MR) is 92.1 cm³/mol. The van der Waals surface area contributed by atoms with Gasteiger partial charge in [-0.25, -0.2) is 0 Å². The van der Waals surface area contributed by atoms with Crippen LogP contribution < -0.4 is 4.74 Å². The lowest BCUT2D eigenvalue weighted by Gasteiger charge is -2.23. The van der Waals surface area contributed by atoms with Gasteiger partial charge in [0.15, 0.2) is 6.79 Å². The van der Waals surface area contributed by atoms with Gasteiger partial charge in [-0.3, -0.25) is 14.9 Å². The molecule has 2 aliphatic heterocycles. The molecule has 2 aliphatic rings. The summed E-state index contributed by atoms with van der Waals surface area (Å²) in [4.78, 5) is 25.0. The summed E-state index contributed by atoms with van der Waals surface area (Å²) < 4.78 is 10.7. The SMILES string of the molecule is O=C(/C=C\c1cc([N+](=O)[O-])cc2c1OCOC2)N1CCCCCCC1. The van der Waals surface area contributed by atoms with Crippen molar-refractivity contribution in [3.63, 3.8) is 0 Å². The second kappa shape index (κ2) is 8.11. The maximum absolute atomic E-state index is 12.5. The zero-order chi connectivity index (χ0) is 17.6. The fourth-order valence-corrected chi connectivity index (χ4v) is 3.19. The van der Waals surface area contributed by atoms with Crippen LogP contribution in [0.3, 0.4) is 0 Å². The van der Waals surface area contributed by atoms with Crippen molar-refractivity contribution in [2.24, 2.45) is 0 Å². The Kier molecular flexibility index (Phi) is 5.65. The number of non-ortho nitro benzene ring substituents is 1. The number of rotatable bonds is 3. The molecule has 25 heavy (non-hydrogen) atoms. The molecule has 0 spiro atoms. The Bertz CT molecular complexity index is 678. The van der Waals surface area contributed by atoms with Crippen LogP contribution in [-0.4, -0.2) is 35.6 Å². The second-order valence-electron chi connectivity index (χ2n) is 6.32. The van der Waals surface area contributed by atoms with E-state index < -0.39 is 4.92 Å². The molecule has 0 atom stereocenters. The van der Waals surface area contributed by atoms with Gasteiger partial charge in [0.2, 0.25) is 5.91 Å². The molecule has 7 nitrogen and oxygen atoms in total. The number of carbonyl (C=O) groups is 1. The van der Waals surface area contributed by atoms with E-state index in [1.165, 1.54) is 24.6 Å². The topological polar surface area (TPSA) is 81.9 Å². The minimum absolute atomic E-state index is 0.0359. The number of nitrogens with zero attached hydrogens (tertiary/aromatic N) is 2. The lowest BCUT2D eigenvalue weighted by Crippen LogP contribution is -2.32. The maximum atomic E-state index is 12.5. The van der Waals surface area contributed by atoms with E-state index in [1.54, 1.807) is 6.08 Å². The summed E-state index contributed by atoms with van der Waals surface area (Å²) in [5.74, 6) is 0.489. The highest BCUT2D eigenvalue weighted by atomic mass is 16.7. The lowest BCUT2D eigenvalue weighted by atomic mass is 10.1. The van der Waals surface area contributed by atoms with Gasteiger partial charge in [-0.1, -0.05) is 19.3 Å². The Hall–Kier alpha value is -2.41. The third-order valence-corrected chi connectivity index (χ3v) is 4.51. The van der Waals surface area contributed by atoms with Gasteiger partial charge in [-0.05, 0) is 18.9 Å². The van der Waals surface area contributed by atoms with Gasteiger partial charge in [-0.15, -0.1) is 0 Å². The summed E-state index contributed by atoms with van der Waals surface area (Å²) in [7, 11) is 0. The van der Waals surface area contributed by atoms with Crippen molar-refractivity contribution < 1.29 is 19.2 Å². The third kappa shape index (κ3) is 4.36. The molecule has 2 heterocycles. The summed E-state index contributed by atoms with van der Waals surface area (Å²) in [6.07, 6.45) is 8.67. The van der Waals surface area contributed by atoms with Gasteiger partial charge < -0.3 is 14.4 Å². The number of hydrogen-bond donors (Lipinski definition) is 0. The van der Waals surface area contributed by atoms with Crippen LogP contribution in [0.25, 0.3) is 6.08 Å². The van der Waals surface area contributed by atoms with Gasteiger partial charge in [0.1, 0.15) is 5.75 Å². The molecule has 3 rings (SSSR count). The molecule has 0 aliphatic carbocycles. The average molecular weight is 346 g/mol. The van der Waals surface area contributed by atoms with Crippen molar-refractivity contribution in [2.45, 2.75) is 38.7 Å². The first-order valence-electron chi connectivity index (χ1n) is 8.64. The van der Waals surface area contributed by atoms with E-state index in [-0.39, 0.29) is 25.0 Å². The third-order valence-electron chi connectivity index (χ3n) is 4.51. The Balaban J connectivity index is 1.80. The number of benzene rings is 1. The van der Waals surface area contributed by atoms with E-state index in [2.05, 4.69) is 0 Å². The van der Waals surface area contributed by atoms with Gasteiger partial charge in [0, 0.05) is 42.4 Å². The zero-order valence-corrected chi connectivity index (χ0v) is 14.1. The number of nitro groups is 1. The predicted octanol–water partition coefficient (Wildman–Crippen LogP) is 3.27. The van der Waals surface area contributed by atoms with Gasteiger partial charge in [-0.2, -0.15) is 0 Å². The Labute approximate surface area is 146 Å². The molecule has 0 N–H and O–H groups in total. The average Bonchev–Trinajstić information content (AvgIpc) is 2.58. The van der Waals surface area contributed by atoms with Gasteiger partial charge >= 0.3 is 0 Å². The normalized spacial score (nSPS) is 18.2. The van der Waals surface area contributed by atoms with Crippen LogP contribution in [0.2, 0.25) is 0 Å². The molecule has 0 bridgehead atoms. The van der Waals surface area contributed by atoms with E-state index in [0.29, 0.717) is 16.9 Å². The summed E-state index contributed by atoms with van der Waals surface area (Å²) in [6.45, 7) is 1.89. The largest absolute Gasteiger partial charge is 0.467 e. The van der Waals surface area contributed by atoms with Crippen molar-refractivity contribution in [3.8, 4) is 5.75 Å². The van der Waals surface area contributed by atoms with E-state index in [9.17, 15) is 14.9 Å². The van der Waals surface area contributed by atoms with E-state index in [1.807, 2.05) is 4.90 Å². The molecule has 0 unspecified atom stereocenters. The second-order valence-corrected chi connectivity index (χ2v) is 6.32. The molecule has 1 aromatic rings. The summed E-state index contributed by atoms with van der Waals surface area (Å²) in [5, 5.41) is 11.1. The Morgan fingerprint density at radius 2 is 1.88 bits per heavy atom. The highest BCUT2D eigenvalue weighted by molar-refractivity contribution is 5.92. The summed E-state index contributed by atoms with van der Waals surface area (Å²) in [6, 6.07) is 2.88. The number of carbonyl (C=O) groups excluding carboxylic acids is 1. The molecule has 1 fully saturated rings. The number of likely N-dealkylation sites (tertiary alicyclic amines) is 1. The van der Waals surface area contributed by atoms with Crippen LogP contribution in [0.5, 0.6) is 5.75 Å². The van der Waals surface area contributed by atoms with Gasteiger partial charge in [0.05, 0.1) is 11.5 Å². The Morgan fingerprint density at radius 3 is 2.60 bits per heavy atom. The minimum Gasteiger partial charge on any atom is -0.467 e. The van der Waals surface area contributed by atoms with Crippen LogP contribution in [0.4, 0.5) is 5.69 Å². The van der Waals surface area contributed by atoms with E-state index in [0.717, 1.165) is 38.8 Å². The standard InChI is InChI=1S/C18H22N2O5/c21-17(19-8-4-2-1-3-5-9-19)7-6-14-10-16(20(22)23)11-15-12-24-13-25-18(14)15/h6-7,10-11H,1-5,8-9,12-13H2/b7-6-. The lowest BCUT2D eigenvalue weighted by molar-refractivity contribution is -0.385. The van der Waals surface area contributed by atoms with Crippen molar-refractivity contribution in [2.75, 3.05) is 19.9 Å². The molecule has 1 amide bonds. The first kappa shape index (κ1) is 17.4. The zero-order valence-electron chi connectivity index (χ0n) is 14.1. The molecular formula is C18H22N2O5. The molecule has 1 aromatic carbocycles. The quantitative estimate of drug-likeness (QED) is 0.477. The maximum Gasteiger partial charge on any atom is 0.270 e. The smallest absolute Gasteiger partial charge is 0.270 e. The number of amides is 1. The first-order valence-corrected chi connectivity index (χ1v) is 8.64. The van der Waals surface area contributed by atoms with Crippen molar-refractivity contribution in [3.05, 3.63) is 39.4 Å². The number of hydrogen-bond acceptors (Lipinski definition) is 5. The number of fused-ring (bicyclic) bond motifs is 1. The van der Waals surface area contributed by atoms with Crippen LogP contribution in [0.15, 0.2) is 18.2 Å². The monoisotopic (exact) mass is 346 g/mol. The van der Waals surface area contributed by atoms with Crippen LogP contribution in [0.1, 0.15) is 43.2 Å². The van der Waals surface area contributed by atoms with Crippen molar-refractivity contribution in [1.29, 1.82) is 0 Å². The summed E-state index contributed by atoms with van der Waals surface area (Å²) >= 11 is 0. The fourth-order valence-electron chi connectivity index (χ4n) is 3.19. The Morgan fingerprint density at radius 1 is 1.16 bits per heavy atom. The van der Waals surface area contributed by atoms with Gasteiger partial charge in [0.25, 0.3) is 5.69 Å². The molecular weight excluding hydrogens is 324 g/mol. The molecule has 0 radical (unpaired) electrons. The van der Waals surface area contributed by atoms with Crippen molar-refractivity contribution in [1.82, 2.24) is 4.90 Å². The van der Waals surface area contributed by atoms with Crippen LogP contribution in [0, 0.1) is 10.1 Å². The van der Waals surface area contributed by atoms with Crippen LogP contribution >= 0.6 is 0 Å². The highest BCUT2D eigenvalue weighted by Crippen LogP contribution is 2.33. The molecule has 0 saturated carbocycles. The number of ether oxygens (including phenoxy) is 2. The molecule has 0 aromatic heterocycles. The minimum atomic E-state index is -0.452. The first-order chi connectivity index (χ1) is 12.1. The van der Waals surface area contributed by atoms with E-state index >= 15 is 0 Å². The molecule has 134 valence electrons. The highest BCUT2D eigenvalue weighted by Gasteiger charge is 2.20. The molecule has 7 heteroatoms. The number of nitro benzene ring substituents is 1.